The molecule has 1 aliphatic rings. The fraction of sp³-hybridized carbons (Fsp3) is 0.276. The molecule has 0 unspecified atom stereocenters. The highest BCUT2D eigenvalue weighted by Crippen LogP contribution is 2.39. The number of ether oxygens (including phenoxy) is 2. The predicted molar refractivity (Wildman–Crippen MR) is 129 cm³/mol. The van der Waals surface area contributed by atoms with Gasteiger partial charge in [0.1, 0.15) is 5.75 Å². The van der Waals surface area contributed by atoms with Gasteiger partial charge in [0, 0.05) is 11.6 Å². The first kappa shape index (κ1) is 24.6. The van der Waals surface area contributed by atoms with Gasteiger partial charge in [-0.1, -0.05) is 30.3 Å². The Balaban J connectivity index is 1.47. The first-order chi connectivity index (χ1) is 16.9. The predicted octanol–water partition coefficient (Wildman–Crippen LogP) is 7.85. The van der Waals surface area contributed by atoms with E-state index in [-0.39, 0.29) is 28.5 Å². The Morgan fingerprint density at radius 3 is 2.31 bits per heavy atom. The van der Waals surface area contributed by atoms with Crippen LogP contribution < -0.4 is 9.47 Å². The second kappa shape index (κ2) is 10.8. The molecule has 0 aromatic heterocycles. The molecule has 182 valence electrons. The Hall–Kier alpha value is -3.54. The summed E-state index contributed by atoms with van der Waals surface area (Å²) < 4.78 is 54.3. The van der Waals surface area contributed by atoms with Crippen molar-refractivity contribution in [1.29, 1.82) is 0 Å². The lowest BCUT2D eigenvalue weighted by Crippen LogP contribution is -2.13. The summed E-state index contributed by atoms with van der Waals surface area (Å²) in [7, 11) is 0. The lowest BCUT2D eigenvalue weighted by Gasteiger charge is -2.27. The molecule has 0 amide bonds. The number of benzene rings is 3. The number of halogens is 3. The van der Waals surface area contributed by atoms with Gasteiger partial charge in [-0.15, -0.1) is 6.58 Å². The summed E-state index contributed by atoms with van der Waals surface area (Å²) in [5, 5.41) is 0. The van der Waals surface area contributed by atoms with Crippen LogP contribution in [0.15, 0.2) is 67.3 Å². The standard InChI is InChI=1S/C29H27F3O3/c1-3-18-5-7-19(8-6-18)23-14-15-24(28(32)27(23)31)20-9-11-21(12-10-20)29(33)35-22-13-16-26(34-4-2)25(30)17-22/h3,9-19H,1,4-8H2,2H3. The Labute approximate surface area is 203 Å². The highest BCUT2D eigenvalue weighted by Gasteiger charge is 2.25. The topological polar surface area (TPSA) is 35.5 Å². The molecule has 0 aliphatic heterocycles. The van der Waals surface area contributed by atoms with Gasteiger partial charge in [-0.25, -0.2) is 18.0 Å². The van der Waals surface area contributed by atoms with Crippen molar-refractivity contribution in [3.05, 3.63) is 95.8 Å². The highest BCUT2D eigenvalue weighted by molar-refractivity contribution is 5.91. The van der Waals surface area contributed by atoms with E-state index in [0.717, 1.165) is 31.7 Å². The van der Waals surface area contributed by atoms with Gasteiger partial charge in [0.2, 0.25) is 0 Å². The van der Waals surface area contributed by atoms with Gasteiger partial charge in [0.05, 0.1) is 12.2 Å². The normalized spacial score (nSPS) is 17.6. The molecule has 0 bridgehead atoms. The third kappa shape index (κ3) is 5.42. The minimum atomic E-state index is -0.895. The molecule has 0 radical (unpaired) electrons. The van der Waals surface area contributed by atoms with E-state index in [1.165, 1.54) is 36.4 Å². The number of hydrogen-bond donors (Lipinski definition) is 0. The summed E-state index contributed by atoms with van der Waals surface area (Å²) in [5.41, 5.74) is 1.17. The van der Waals surface area contributed by atoms with E-state index in [9.17, 15) is 18.0 Å². The molecule has 0 saturated heterocycles. The summed E-state index contributed by atoms with van der Waals surface area (Å²) >= 11 is 0. The Morgan fingerprint density at radius 1 is 0.971 bits per heavy atom. The number of carbonyl (C=O) groups excluding carboxylic acids is 1. The summed E-state index contributed by atoms with van der Waals surface area (Å²) in [6.45, 7) is 5.88. The first-order valence-electron chi connectivity index (χ1n) is 11.8. The molecule has 0 heterocycles. The van der Waals surface area contributed by atoms with Crippen molar-refractivity contribution in [2.24, 2.45) is 5.92 Å². The van der Waals surface area contributed by atoms with Gasteiger partial charge >= 0.3 is 5.97 Å². The molecule has 4 rings (SSSR count). The third-order valence-electron chi connectivity index (χ3n) is 6.50. The molecule has 3 aromatic rings. The number of rotatable bonds is 7. The van der Waals surface area contributed by atoms with Gasteiger partial charge in [-0.05, 0) is 79.8 Å². The maximum absolute atomic E-state index is 15.0. The van der Waals surface area contributed by atoms with Gasteiger partial charge < -0.3 is 9.47 Å². The quantitative estimate of drug-likeness (QED) is 0.196. The van der Waals surface area contributed by atoms with Crippen LogP contribution in [0.4, 0.5) is 13.2 Å². The van der Waals surface area contributed by atoms with Crippen LogP contribution in [-0.2, 0) is 0 Å². The lowest BCUT2D eigenvalue weighted by molar-refractivity contribution is 0.0734. The number of allylic oxidation sites excluding steroid dienone is 1. The molecular formula is C29H27F3O3. The van der Waals surface area contributed by atoms with Crippen molar-refractivity contribution in [2.45, 2.75) is 38.5 Å². The van der Waals surface area contributed by atoms with Crippen LogP contribution in [0.5, 0.6) is 11.5 Å². The molecule has 1 saturated carbocycles. The zero-order valence-electron chi connectivity index (χ0n) is 19.5. The van der Waals surface area contributed by atoms with Crippen molar-refractivity contribution >= 4 is 5.97 Å². The van der Waals surface area contributed by atoms with E-state index in [0.29, 0.717) is 23.7 Å². The van der Waals surface area contributed by atoms with E-state index in [1.54, 1.807) is 19.1 Å². The van der Waals surface area contributed by atoms with Crippen LogP contribution >= 0.6 is 0 Å². The monoisotopic (exact) mass is 480 g/mol. The average Bonchev–Trinajstić information content (AvgIpc) is 2.87. The molecule has 35 heavy (non-hydrogen) atoms. The third-order valence-corrected chi connectivity index (χ3v) is 6.50. The van der Waals surface area contributed by atoms with Crippen LogP contribution in [0, 0.1) is 23.4 Å². The zero-order valence-corrected chi connectivity index (χ0v) is 19.5. The van der Waals surface area contributed by atoms with Crippen molar-refractivity contribution in [3.8, 4) is 22.6 Å². The van der Waals surface area contributed by atoms with Gasteiger partial charge in [-0.2, -0.15) is 0 Å². The van der Waals surface area contributed by atoms with E-state index in [1.807, 2.05) is 6.08 Å². The van der Waals surface area contributed by atoms with E-state index < -0.39 is 23.4 Å². The van der Waals surface area contributed by atoms with Crippen LogP contribution in [0.25, 0.3) is 11.1 Å². The molecule has 0 spiro atoms. The van der Waals surface area contributed by atoms with E-state index in [2.05, 4.69) is 6.58 Å². The summed E-state index contributed by atoms with van der Waals surface area (Å²) in [4.78, 5) is 12.5. The zero-order chi connectivity index (χ0) is 24.9. The second-order valence-corrected chi connectivity index (χ2v) is 8.67. The van der Waals surface area contributed by atoms with Crippen molar-refractivity contribution < 1.29 is 27.4 Å². The maximum Gasteiger partial charge on any atom is 0.343 e. The van der Waals surface area contributed by atoms with Gasteiger partial charge in [-0.3, -0.25) is 0 Å². The molecule has 0 N–H and O–H groups in total. The largest absolute Gasteiger partial charge is 0.491 e. The number of esters is 1. The minimum absolute atomic E-state index is 0.000617. The molecule has 1 aliphatic carbocycles. The lowest BCUT2D eigenvalue weighted by atomic mass is 9.78. The summed E-state index contributed by atoms with van der Waals surface area (Å²) in [6.07, 6.45) is 5.41. The Morgan fingerprint density at radius 2 is 1.69 bits per heavy atom. The second-order valence-electron chi connectivity index (χ2n) is 8.67. The maximum atomic E-state index is 15.0. The van der Waals surface area contributed by atoms with Crippen LogP contribution in [0.2, 0.25) is 0 Å². The summed E-state index contributed by atoms with van der Waals surface area (Å²) in [6, 6.07) is 13.1. The van der Waals surface area contributed by atoms with Crippen molar-refractivity contribution in [1.82, 2.24) is 0 Å². The fourth-order valence-corrected chi connectivity index (χ4v) is 4.54. The van der Waals surface area contributed by atoms with Crippen LogP contribution in [0.1, 0.15) is 54.4 Å². The van der Waals surface area contributed by atoms with Gasteiger partial charge in [0.15, 0.2) is 23.2 Å². The number of carbonyl (C=O) groups is 1. The molecule has 1 fully saturated rings. The molecular weight excluding hydrogens is 453 g/mol. The first-order valence-corrected chi connectivity index (χ1v) is 11.8. The van der Waals surface area contributed by atoms with Crippen molar-refractivity contribution in [3.63, 3.8) is 0 Å². The minimum Gasteiger partial charge on any atom is -0.491 e. The highest BCUT2D eigenvalue weighted by atomic mass is 19.2. The molecule has 3 aromatic carbocycles. The Kier molecular flexibility index (Phi) is 7.59. The molecule has 6 heteroatoms. The van der Waals surface area contributed by atoms with Crippen LogP contribution in [-0.4, -0.2) is 12.6 Å². The van der Waals surface area contributed by atoms with Crippen LogP contribution in [0.3, 0.4) is 0 Å². The SMILES string of the molecule is C=CC1CCC(c2ccc(-c3ccc(C(=O)Oc4ccc(OCC)c(F)c4)cc3)c(F)c2F)CC1. The molecule has 3 nitrogen and oxygen atoms in total. The Bertz CT molecular complexity index is 1210. The smallest absolute Gasteiger partial charge is 0.343 e. The number of hydrogen-bond acceptors (Lipinski definition) is 3. The average molecular weight is 481 g/mol. The van der Waals surface area contributed by atoms with E-state index in [4.69, 9.17) is 9.47 Å². The fourth-order valence-electron chi connectivity index (χ4n) is 4.54. The van der Waals surface area contributed by atoms with Gasteiger partial charge in [0.25, 0.3) is 0 Å². The summed E-state index contributed by atoms with van der Waals surface area (Å²) in [5.74, 6) is -2.50. The molecule has 0 atom stereocenters. The van der Waals surface area contributed by atoms with E-state index >= 15 is 0 Å². The van der Waals surface area contributed by atoms with Crippen molar-refractivity contribution in [2.75, 3.05) is 6.61 Å².